The molecule has 2 aromatic rings. The van der Waals surface area contributed by atoms with Gasteiger partial charge in [0.2, 0.25) is 0 Å². The molecule has 5 heteroatoms. The predicted molar refractivity (Wildman–Crippen MR) is 96.0 cm³/mol. The molecule has 2 aromatic heterocycles. The summed E-state index contributed by atoms with van der Waals surface area (Å²) in [7, 11) is 2.27. The summed E-state index contributed by atoms with van der Waals surface area (Å²) in [6, 6.07) is 8.06. The van der Waals surface area contributed by atoms with E-state index >= 15 is 0 Å². The Morgan fingerprint density at radius 1 is 1.32 bits per heavy atom. The summed E-state index contributed by atoms with van der Waals surface area (Å²) >= 11 is 0. The lowest BCUT2D eigenvalue weighted by Gasteiger charge is -2.58. The zero-order chi connectivity index (χ0) is 17.1. The van der Waals surface area contributed by atoms with Crippen LogP contribution in [-0.4, -0.2) is 53.6 Å². The van der Waals surface area contributed by atoms with Gasteiger partial charge in [0.05, 0.1) is 19.4 Å². The Morgan fingerprint density at radius 2 is 2.24 bits per heavy atom. The molecule has 2 aliphatic rings. The van der Waals surface area contributed by atoms with E-state index in [1.54, 1.807) is 12.5 Å². The maximum atomic E-state index is 5.98. The molecule has 2 saturated heterocycles. The number of aromatic nitrogens is 1. The van der Waals surface area contributed by atoms with Crippen molar-refractivity contribution in [2.75, 3.05) is 33.3 Å². The lowest BCUT2D eigenvalue weighted by atomic mass is 9.75. The molecule has 0 radical (unpaired) electrons. The quantitative estimate of drug-likeness (QED) is 0.808. The Hall–Kier alpha value is -1.69. The highest BCUT2D eigenvalue weighted by atomic mass is 16.5. The smallest absolute Gasteiger partial charge is 0.117 e. The van der Waals surface area contributed by atoms with E-state index in [2.05, 4.69) is 34.0 Å². The Morgan fingerprint density at radius 3 is 3.00 bits per heavy atom. The van der Waals surface area contributed by atoms with Gasteiger partial charge >= 0.3 is 0 Å². The molecule has 0 bridgehead atoms. The van der Waals surface area contributed by atoms with Crippen molar-refractivity contribution in [2.45, 2.75) is 31.5 Å². The summed E-state index contributed by atoms with van der Waals surface area (Å²) in [6.07, 6.45) is 7.89. The van der Waals surface area contributed by atoms with Crippen LogP contribution in [0.15, 0.2) is 47.3 Å². The molecule has 2 aliphatic heterocycles. The van der Waals surface area contributed by atoms with Crippen LogP contribution in [0, 0.1) is 5.92 Å². The summed E-state index contributed by atoms with van der Waals surface area (Å²) in [5.41, 5.74) is 1.48. The largest absolute Gasteiger partial charge is 0.468 e. The molecule has 1 atom stereocenters. The van der Waals surface area contributed by atoms with Crippen molar-refractivity contribution in [3.8, 4) is 0 Å². The molecular weight excluding hydrogens is 314 g/mol. The Kier molecular flexibility index (Phi) is 4.88. The number of likely N-dealkylation sites (tertiary alicyclic amines) is 2. The minimum atomic E-state index is 0.327. The van der Waals surface area contributed by atoms with Gasteiger partial charge in [-0.15, -0.1) is 0 Å². The minimum Gasteiger partial charge on any atom is -0.468 e. The first-order valence-electron chi connectivity index (χ1n) is 9.16. The summed E-state index contributed by atoms with van der Waals surface area (Å²) in [4.78, 5) is 9.18. The van der Waals surface area contributed by atoms with E-state index in [9.17, 15) is 0 Å². The first-order chi connectivity index (χ1) is 12.2. The molecule has 25 heavy (non-hydrogen) atoms. The number of hydrogen-bond acceptors (Lipinski definition) is 5. The monoisotopic (exact) mass is 341 g/mol. The van der Waals surface area contributed by atoms with Gasteiger partial charge in [0, 0.05) is 37.6 Å². The van der Waals surface area contributed by atoms with Crippen molar-refractivity contribution in [3.05, 3.63) is 54.2 Å². The number of likely N-dealkylation sites (N-methyl/N-ethyl adjacent to an activating group) is 1. The van der Waals surface area contributed by atoms with E-state index < -0.39 is 0 Å². The van der Waals surface area contributed by atoms with Crippen molar-refractivity contribution in [1.29, 1.82) is 0 Å². The summed E-state index contributed by atoms with van der Waals surface area (Å²) in [5, 5.41) is 0. The first kappa shape index (κ1) is 16.8. The van der Waals surface area contributed by atoms with Crippen LogP contribution in [0.5, 0.6) is 0 Å². The van der Waals surface area contributed by atoms with Crippen LogP contribution in [-0.2, 0) is 17.9 Å². The van der Waals surface area contributed by atoms with Crippen LogP contribution < -0.4 is 0 Å². The van der Waals surface area contributed by atoms with E-state index in [0.717, 1.165) is 44.1 Å². The van der Waals surface area contributed by atoms with Crippen LogP contribution in [0.3, 0.4) is 0 Å². The molecule has 0 aromatic carbocycles. The number of pyridine rings is 1. The van der Waals surface area contributed by atoms with Crippen molar-refractivity contribution < 1.29 is 9.15 Å². The van der Waals surface area contributed by atoms with E-state index in [4.69, 9.17) is 9.15 Å². The highest BCUT2D eigenvalue weighted by Gasteiger charge is 2.49. The van der Waals surface area contributed by atoms with E-state index in [1.165, 1.54) is 12.8 Å². The van der Waals surface area contributed by atoms with Gasteiger partial charge in [-0.2, -0.15) is 0 Å². The van der Waals surface area contributed by atoms with Gasteiger partial charge in [-0.05, 0) is 56.1 Å². The molecule has 4 rings (SSSR count). The Balaban J connectivity index is 1.26. The fourth-order valence-corrected chi connectivity index (χ4v) is 4.27. The van der Waals surface area contributed by atoms with Crippen molar-refractivity contribution >= 4 is 0 Å². The summed E-state index contributed by atoms with van der Waals surface area (Å²) in [6.45, 7) is 5.85. The standard InChI is InChI=1S/C20H27N3O2/c1-22-8-6-17(13-24-14-18-4-2-7-21-11-18)10-20(22)15-23(16-20)12-19-5-3-9-25-19/h2-5,7,9,11,17H,6,8,10,12-16H2,1H3. The maximum absolute atomic E-state index is 5.98. The summed E-state index contributed by atoms with van der Waals surface area (Å²) in [5.74, 6) is 1.71. The van der Waals surface area contributed by atoms with Crippen LogP contribution in [0.2, 0.25) is 0 Å². The number of piperidine rings is 1. The second-order valence-corrected chi connectivity index (χ2v) is 7.61. The highest BCUT2D eigenvalue weighted by Crippen LogP contribution is 2.39. The van der Waals surface area contributed by atoms with Crippen LogP contribution >= 0.6 is 0 Å². The van der Waals surface area contributed by atoms with Crippen LogP contribution in [0.1, 0.15) is 24.2 Å². The molecule has 1 unspecified atom stereocenters. The van der Waals surface area contributed by atoms with Gasteiger partial charge in [0.15, 0.2) is 0 Å². The minimum absolute atomic E-state index is 0.327. The van der Waals surface area contributed by atoms with E-state index in [0.29, 0.717) is 18.1 Å². The molecule has 5 nitrogen and oxygen atoms in total. The second-order valence-electron chi connectivity index (χ2n) is 7.61. The molecule has 0 saturated carbocycles. The third kappa shape index (κ3) is 3.78. The number of hydrogen-bond donors (Lipinski definition) is 0. The fourth-order valence-electron chi connectivity index (χ4n) is 4.27. The van der Waals surface area contributed by atoms with Gasteiger partial charge in [0.25, 0.3) is 0 Å². The Labute approximate surface area is 149 Å². The van der Waals surface area contributed by atoms with E-state index in [-0.39, 0.29) is 0 Å². The summed E-state index contributed by atoms with van der Waals surface area (Å²) < 4.78 is 11.5. The van der Waals surface area contributed by atoms with Gasteiger partial charge in [-0.3, -0.25) is 14.8 Å². The zero-order valence-corrected chi connectivity index (χ0v) is 14.9. The number of rotatable bonds is 6. The molecule has 134 valence electrons. The molecular formula is C20H27N3O2. The van der Waals surface area contributed by atoms with Crippen molar-refractivity contribution in [3.63, 3.8) is 0 Å². The lowest BCUT2D eigenvalue weighted by Crippen LogP contribution is -2.71. The SMILES string of the molecule is CN1CCC(COCc2cccnc2)CC12CN(Cc1ccco1)C2. The number of nitrogens with zero attached hydrogens (tertiary/aromatic N) is 3. The van der Waals surface area contributed by atoms with Crippen LogP contribution in [0.25, 0.3) is 0 Å². The molecule has 4 heterocycles. The lowest BCUT2D eigenvalue weighted by molar-refractivity contribution is -0.0951. The third-order valence-electron chi connectivity index (χ3n) is 5.69. The fraction of sp³-hybridized carbons (Fsp3) is 0.550. The molecule has 0 N–H and O–H groups in total. The van der Waals surface area contributed by atoms with Crippen LogP contribution in [0.4, 0.5) is 0 Å². The average molecular weight is 341 g/mol. The molecule has 1 spiro atoms. The van der Waals surface area contributed by atoms with Gasteiger partial charge in [-0.25, -0.2) is 0 Å². The maximum Gasteiger partial charge on any atom is 0.117 e. The normalized spacial score (nSPS) is 23.6. The Bertz CT molecular complexity index is 653. The molecule has 0 amide bonds. The second kappa shape index (κ2) is 7.28. The highest BCUT2D eigenvalue weighted by molar-refractivity contribution is 5.09. The van der Waals surface area contributed by atoms with Crippen molar-refractivity contribution in [2.24, 2.45) is 5.92 Å². The third-order valence-corrected chi connectivity index (χ3v) is 5.69. The molecule has 2 fully saturated rings. The zero-order valence-electron chi connectivity index (χ0n) is 14.9. The number of furan rings is 1. The van der Waals surface area contributed by atoms with Gasteiger partial charge in [-0.1, -0.05) is 6.07 Å². The topological polar surface area (TPSA) is 41.7 Å². The first-order valence-corrected chi connectivity index (χ1v) is 9.16. The van der Waals surface area contributed by atoms with Gasteiger partial charge < -0.3 is 9.15 Å². The average Bonchev–Trinajstić information content (AvgIpc) is 3.10. The van der Waals surface area contributed by atoms with Gasteiger partial charge in [0.1, 0.15) is 5.76 Å². The molecule has 0 aliphatic carbocycles. The van der Waals surface area contributed by atoms with Crippen molar-refractivity contribution in [1.82, 2.24) is 14.8 Å². The predicted octanol–water partition coefficient (Wildman–Crippen LogP) is 2.79. The van der Waals surface area contributed by atoms with E-state index in [1.807, 2.05) is 18.3 Å². The number of ether oxygens (including phenoxy) is 1.